The van der Waals surface area contributed by atoms with Crippen LogP contribution >= 0.6 is 11.6 Å². The first-order valence-electron chi connectivity index (χ1n) is 5.99. The molecule has 1 rings (SSSR count). The van der Waals surface area contributed by atoms with E-state index in [9.17, 15) is 0 Å². The number of aromatic nitrogens is 1. The Morgan fingerprint density at radius 2 is 1.88 bits per heavy atom. The Morgan fingerprint density at radius 1 is 1.25 bits per heavy atom. The molecule has 0 aliphatic carbocycles. The van der Waals surface area contributed by atoms with E-state index in [2.05, 4.69) is 36.7 Å². The minimum atomic E-state index is 0.537. The van der Waals surface area contributed by atoms with E-state index in [1.165, 1.54) is 5.56 Å². The van der Waals surface area contributed by atoms with Gasteiger partial charge in [-0.25, -0.2) is 4.98 Å². The first-order chi connectivity index (χ1) is 7.72. The number of pyridine rings is 1. The standard InChI is InChI=1S/C13H21ClN2/c1-4-6-16(7-5-2)13-11(3)8-12(9-14)10-15-13/h8,10H,4-7,9H2,1-3H3. The number of alkyl halides is 1. The summed E-state index contributed by atoms with van der Waals surface area (Å²) in [7, 11) is 0. The third-order valence-electron chi connectivity index (χ3n) is 2.55. The topological polar surface area (TPSA) is 16.1 Å². The van der Waals surface area contributed by atoms with Crippen molar-refractivity contribution in [3.63, 3.8) is 0 Å². The van der Waals surface area contributed by atoms with Crippen LogP contribution in [0, 0.1) is 6.92 Å². The lowest BCUT2D eigenvalue weighted by Crippen LogP contribution is -2.26. The van der Waals surface area contributed by atoms with Gasteiger partial charge in [-0.2, -0.15) is 0 Å². The van der Waals surface area contributed by atoms with Crippen LogP contribution in [0.25, 0.3) is 0 Å². The number of halogens is 1. The molecule has 0 unspecified atom stereocenters. The number of rotatable bonds is 6. The highest BCUT2D eigenvalue weighted by molar-refractivity contribution is 6.17. The van der Waals surface area contributed by atoms with Crippen molar-refractivity contribution in [1.82, 2.24) is 4.98 Å². The molecule has 90 valence electrons. The average Bonchev–Trinajstić information content (AvgIpc) is 2.29. The van der Waals surface area contributed by atoms with Gasteiger partial charge in [-0.3, -0.25) is 0 Å². The Morgan fingerprint density at radius 3 is 2.31 bits per heavy atom. The molecule has 0 radical (unpaired) electrons. The van der Waals surface area contributed by atoms with Crippen molar-refractivity contribution in [3.05, 3.63) is 23.4 Å². The molecular weight excluding hydrogens is 220 g/mol. The van der Waals surface area contributed by atoms with Crippen LogP contribution in [0.1, 0.15) is 37.8 Å². The summed E-state index contributed by atoms with van der Waals surface area (Å²) < 4.78 is 0. The highest BCUT2D eigenvalue weighted by Crippen LogP contribution is 2.19. The van der Waals surface area contributed by atoms with Crippen LogP contribution in [0.3, 0.4) is 0 Å². The monoisotopic (exact) mass is 240 g/mol. The van der Waals surface area contributed by atoms with Gasteiger partial charge in [0.2, 0.25) is 0 Å². The van der Waals surface area contributed by atoms with E-state index in [1.807, 2.05) is 6.20 Å². The highest BCUT2D eigenvalue weighted by Gasteiger charge is 2.09. The molecule has 2 nitrogen and oxygen atoms in total. The zero-order valence-electron chi connectivity index (χ0n) is 10.5. The Balaban J connectivity index is 2.90. The number of nitrogens with zero attached hydrogens (tertiary/aromatic N) is 2. The molecule has 3 heteroatoms. The van der Waals surface area contributed by atoms with Gasteiger partial charge < -0.3 is 4.90 Å². The van der Waals surface area contributed by atoms with E-state index in [1.54, 1.807) is 0 Å². The van der Waals surface area contributed by atoms with Gasteiger partial charge in [-0.15, -0.1) is 11.6 Å². The van der Waals surface area contributed by atoms with Gasteiger partial charge in [-0.1, -0.05) is 13.8 Å². The van der Waals surface area contributed by atoms with Gasteiger partial charge in [0.25, 0.3) is 0 Å². The van der Waals surface area contributed by atoms with Gasteiger partial charge in [0.05, 0.1) is 0 Å². The fraction of sp³-hybridized carbons (Fsp3) is 0.615. The maximum atomic E-state index is 5.80. The second-order valence-electron chi connectivity index (χ2n) is 4.10. The molecule has 0 aliphatic rings. The van der Waals surface area contributed by atoms with Gasteiger partial charge in [-0.05, 0) is 37.0 Å². The summed E-state index contributed by atoms with van der Waals surface area (Å²) in [5.74, 6) is 1.65. The first kappa shape index (κ1) is 13.3. The summed E-state index contributed by atoms with van der Waals surface area (Å²) in [4.78, 5) is 6.88. The van der Waals surface area contributed by atoms with Gasteiger partial charge >= 0.3 is 0 Å². The molecule has 0 atom stereocenters. The predicted octanol–water partition coefficient (Wildman–Crippen LogP) is 3.76. The summed E-state index contributed by atoms with van der Waals surface area (Å²) in [6.45, 7) is 8.65. The Labute approximate surface area is 104 Å². The van der Waals surface area contributed by atoms with Crippen molar-refractivity contribution in [1.29, 1.82) is 0 Å². The van der Waals surface area contributed by atoms with Crippen LogP contribution in [0.4, 0.5) is 5.82 Å². The Hall–Kier alpha value is -0.760. The molecule has 0 amide bonds. The molecule has 0 saturated carbocycles. The molecule has 1 aromatic heterocycles. The van der Waals surface area contributed by atoms with Crippen LogP contribution in [-0.4, -0.2) is 18.1 Å². The smallest absolute Gasteiger partial charge is 0.131 e. The van der Waals surface area contributed by atoms with Crippen LogP contribution in [0.5, 0.6) is 0 Å². The predicted molar refractivity (Wildman–Crippen MR) is 71.3 cm³/mol. The number of hydrogen-bond donors (Lipinski definition) is 0. The molecule has 0 spiro atoms. The average molecular weight is 241 g/mol. The fourth-order valence-electron chi connectivity index (χ4n) is 1.89. The zero-order valence-corrected chi connectivity index (χ0v) is 11.2. The first-order valence-corrected chi connectivity index (χ1v) is 6.52. The maximum absolute atomic E-state index is 5.80. The van der Waals surface area contributed by atoms with Crippen LogP contribution in [-0.2, 0) is 5.88 Å². The lowest BCUT2D eigenvalue weighted by atomic mass is 10.2. The molecule has 0 fully saturated rings. The van der Waals surface area contributed by atoms with Gasteiger partial charge in [0.15, 0.2) is 0 Å². The lowest BCUT2D eigenvalue weighted by Gasteiger charge is -2.24. The van der Waals surface area contributed by atoms with E-state index in [0.29, 0.717) is 5.88 Å². The van der Waals surface area contributed by atoms with Crippen LogP contribution in [0.2, 0.25) is 0 Å². The van der Waals surface area contributed by atoms with E-state index >= 15 is 0 Å². The lowest BCUT2D eigenvalue weighted by molar-refractivity contribution is 0.731. The summed E-state index contributed by atoms with van der Waals surface area (Å²) in [5, 5.41) is 0. The number of hydrogen-bond acceptors (Lipinski definition) is 2. The summed E-state index contributed by atoms with van der Waals surface area (Å²) in [6.07, 6.45) is 4.18. The van der Waals surface area contributed by atoms with E-state index in [-0.39, 0.29) is 0 Å². The largest absolute Gasteiger partial charge is 0.356 e. The summed E-state index contributed by atoms with van der Waals surface area (Å²) in [5.41, 5.74) is 2.32. The second kappa shape index (κ2) is 6.74. The fourth-order valence-corrected chi connectivity index (χ4v) is 2.04. The SMILES string of the molecule is CCCN(CCC)c1ncc(CCl)cc1C. The molecule has 1 heterocycles. The third-order valence-corrected chi connectivity index (χ3v) is 2.86. The van der Waals surface area contributed by atoms with Crippen LogP contribution in [0.15, 0.2) is 12.3 Å². The maximum Gasteiger partial charge on any atom is 0.131 e. The molecule has 0 aliphatic heterocycles. The minimum absolute atomic E-state index is 0.537. The van der Waals surface area contributed by atoms with Gasteiger partial charge in [0.1, 0.15) is 5.82 Å². The molecule has 0 N–H and O–H groups in total. The van der Waals surface area contributed by atoms with Crippen molar-refractivity contribution >= 4 is 17.4 Å². The highest BCUT2D eigenvalue weighted by atomic mass is 35.5. The molecule has 16 heavy (non-hydrogen) atoms. The second-order valence-corrected chi connectivity index (χ2v) is 4.37. The van der Waals surface area contributed by atoms with E-state index in [4.69, 9.17) is 11.6 Å². The molecule has 0 bridgehead atoms. The van der Waals surface area contributed by atoms with Gasteiger partial charge in [0, 0.05) is 25.2 Å². The Kier molecular flexibility index (Phi) is 5.61. The van der Waals surface area contributed by atoms with Crippen molar-refractivity contribution in [2.75, 3.05) is 18.0 Å². The quantitative estimate of drug-likeness (QED) is 0.704. The van der Waals surface area contributed by atoms with E-state index in [0.717, 1.165) is 37.3 Å². The van der Waals surface area contributed by atoms with Crippen molar-refractivity contribution in [3.8, 4) is 0 Å². The normalized spacial score (nSPS) is 10.5. The van der Waals surface area contributed by atoms with Crippen molar-refractivity contribution in [2.45, 2.75) is 39.5 Å². The number of aryl methyl sites for hydroxylation is 1. The zero-order chi connectivity index (χ0) is 12.0. The van der Waals surface area contributed by atoms with Crippen molar-refractivity contribution in [2.24, 2.45) is 0 Å². The van der Waals surface area contributed by atoms with Crippen LogP contribution < -0.4 is 4.90 Å². The summed E-state index contributed by atoms with van der Waals surface area (Å²) in [6, 6.07) is 2.13. The number of anilines is 1. The molecule has 1 aromatic rings. The van der Waals surface area contributed by atoms with E-state index < -0.39 is 0 Å². The molecular formula is C13H21ClN2. The van der Waals surface area contributed by atoms with Crippen molar-refractivity contribution < 1.29 is 0 Å². The molecule has 0 aromatic carbocycles. The third kappa shape index (κ3) is 3.38. The minimum Gasteiger partial charge on any atom is -0.356 e. The summed E-state index contributed by atoms with van der Waals surface area (Å²) >= 11 is 5.80. The molecule has 0 saturated heterocycles. The Bertz CT molecular complexity index is 320.